The Morgan fingerprint density at radius 3 is 2.75 bits per heavy atom. The highest BCUT2D eigenvalue weighted by molar-refractivity contribution is 6.04. The summed E-state index contributed by atoms with van der Waals surface area (Å²) in [6.07, 6.45) is 7.08. The molecule has 0 atom stereocenters. The number of benzene rings is 1. The first kappa shape index (κ1) is 22.1. The fourth-order valence-corrected chi connectivity index (χ4v) is 3.74. The van der Waals surface area contributed by atoms with Crippen molar-refractivity contribution in [2.75, 3.05) is 46.0 Å². The third-order valence-corrected chi connectivity index (χ3v) is 5.35. The number of carbonyl (C=O) groups is 1. The van der Waals surface area contributed by atoms with E-state index in [0.29, 0.717) is 62.4 Å². The van der Waals surface area contributed by atoms with Gasteiger partial charge >= 0.3 is 0 Å². The van der Waals surface area contributed by atoms with E-state index in [4.69, 9.17) is 23.7 Å². The van der Waals surface area contributed by atoms with Crippen LogP contribution in [0.5, 0.6) is 17.2 Å². The molecule has 2 bridgehead atoms. The average molecular weight is 440 g/mol. The fourth-order valence-electron chi connectivity index (χ4n) is 3.74. The van der Waals surface area contributed by atoms with Crippen molar-refractivity contribution in [1.29, 1.82) is 0 Å². The first-order chi connectivity index (χ1) is 15.7. The number of anilines is 1. The molecule has 170 valence electrons. The smallest absolute Gasteiger partial charge is 0.204 e. The topological polar surface area (TPSA) is 88.1 Å². The van der Waals surface area contributed by atoms with E-state index in [9.17, 15) is 4.79 Å². The van der Waals surface area contributed by atoms with Crippen molar-refractivity contribution in [1.82, 2.24) is 4.98 Å². The lowest BCUT2D eigenvalue weighted by Crippen LogP contribution is -2.13. The number of nitrogens with one attached hydrogen (secondary N) is 1. The fraction of sp³-hybridized carbons (Fsp3) is 0.417. The Hall–Kier alpha value is -3.10. The Morgan fingerprint density at radius 2 is 1.91 bits per heavy atom. The van der Waals surface area contributed by atoms with E-state index in [-0.39, 0.29) is 5.78 Å². The standard InChI is InChI=1S/C24H28N2O6/c1-28-9-10-30-7-3-4-8-31-24-21(29-2)6-5-19-20-12-18(27)11-16-13-25-14-17(22(16)26-20)15-32-23(19)24/h5-6,12-14,26H,3-4,7-11,15H2,1-2H3. The molecule has 2 aliphatic rings. The maximum absolute atomic E-state index is 12.6. The summed E-state index contributed by atoms with van der Waals surface area (Å²) >= 11 is 0. The Balaban J connectivity index is 1.56. The van der Waals surface area contributed by atoms with Crippen LogP contribution in [-0.4, -0.2) is 51.4 Å². The van der Waals surface area contributed by atoms with Gasteiger partial charge in [-0.3, -0.25) is 9.78 Å². The number of rotatable bonds is 10. The Bertz CT molecular complexity index is 1000. The Kier molecular flexibility index (Phi) is 7.24. The van der Waals surface area contributed by atoms with E-state index in [0.717, 1.165) is 35.2 Å². The summed E-state index contributed by atoms with van der Waals surface area (Å²) in [6, 6.07) is 3.72. The first-order valence-electron chi connectivity index (χ1n) is 10.7. The number of aromatic nitrogens is 1. The molecule has 0 aliphatic carbocycles. The highest BCUT2D eigenvalue weighted by Gasteiger charge is 2.27. The molecule has 2 aromatic rings. The van der Waals surface area contributed by atoms with Crippen LogP contribution >= 0.6 is 0 Å². The Morgan fingerprint density at radius 1 is 1.06 bits per heavy atom. The second-order valence-corrected chi connectivity index (χ2v) is 7.58. The van der Waals surface area contributed by atoms with Crippen LogP contribution in [0, 0.1) is 0 Å². The van der Waals surface area contributed by atoms with Crippen molar-refractivity contribution >= 4 is 17.2 Å². The van der Waals surface area contributed by atoms with Gasteiger partial charge in [0, 0.05) is 55.3 Å². The Labute approximate surface area is 187 Å². The zero-order chi connectivity index (χ0) is 22.3. The molecule has 8 nitrogen and oxygen atoms in total. The summed E-state index contributed by atoms with van der Waals surface area (Å²) in [6.45, 7) is 2.61. The molecule has 1 aromatic carbocycles. The van der Waals surface area contributed by atoms with Crippen molar-refractivity contribution in [3.05, 3.63) is 47.3 Å². The lowest BCUT2D eigenvalue weighted by Gasteiger charge is -2.24. The van der Waals surface area contributed by atoms with Gasteiger partial charge in [0.05, 0.1) is 38.3 Å². The van der Waals surface area contributed by atoms with Crippen LogP contribution in [0.4, 0.5) is 5.69 Å². The zero-order valence-corrected chi connectivity index (χ0v) is 18.4. The second-order valence-electron chi connectivity index (χ2n) is 7.58. The summed E-state index contributed by atoms with van der Waals surface area (Å²) in [5.41, 5.74) is 4.07. The molecule has 0 radical (unpaired) electrons. The van der Waals surface area contributed by atoms with E-state index in [2.05, 4.69) is 10.3 Å². The van der Waals surface area contributed by atoms with Crippen LogP contribution in [0.2, 0.25) is 0 Å². The first-order valence-corrected chi connectivity index (χ1v) is 10.7. The van der Waals surface area contributed by atoms with E-state index >= 15 is 0 Å². The number of nitrogens with zero attached hydrogens (tertiary/aromatic N) is 1. The van der Waals surface area contributed by atoms with Gasteiger partial charge in [-0.1, -0.05) is 0 Å². The normalized spacial score (nSPS) is 14.2. The molecule has 1 aromatic heterocycles. The molecule has 0 amide bonds. The van der Waals surface area contributed by atoms with E-state index < -0.39 is 0 Å². The van der Waals surface area contributed by atoms with Gasteiger partial charge < -0.3 is 29.0 Å². The number of carbonyl (C=O) groups excluding carboxylic acids is 1. The molecule has 32 heavy (non-hydrogen) atoms. The number of ether oxygens (including phenoxy) is 5. The number of allylic oxidation sites excluding steroid dienone is 1. The van der Waals surface area contributed by atoms with Gasteiger partial charge in [-0.15, -0.1) is 0 Å². The van der Waals surface area contributed by atoms with Crippen molar-refractivity contribution in [3.63, 3.8) is 0 Å². The zero-order valence-electron chi connectivity index (χ0n) is 18.4. The third kappa shape index (κ3) is 4.87. The van der Waals surface area contributed by atoms with Crippen LogP contribution in [-0.2, 0) is 27.3 Å². The van der Waals surface area contributed by atoms with Crippen molar-refractivity contribution in [3.8, 4) is 17.2 Å². The van der Waals surface area contributed by atoms with Crippen LogP contribution in [0.15, 0.2) is 30.6 Å². The summed E-state index contributed by atoms with van der Waals surface area (Å²) in [4.78, 5) is 16.8. The van der Waals surface area contributed by atoms with Gasteiger partial charge in [-0.25, -0.2) is 0 Å². The highest BCUT2D eigenvalue weighted by atomic mass is 16.5. The predicted octanol–water partition coefficient (Wildman–Crippen LogP) is 3.38. The molecule has 0 unspecified atom stereocenters. The largest absolute Gasteiger partial charge is 0.493 e. The van der Waals surface area contributed by atoms with Crippen LogP contribution in [0.25, 0.3) is 5.70 Å². The quantitative estimate of drug-likeness (QED) is 0.563. The van der Waals surface area contributed by atoms with Crippen LogP contribution in [0.1, 0.15) is 29.5 Å². The van der Waals surface area contributed by atoms with Gasteiger partial charge in [0.1, 0.15) is 6.61 Å². The molecule has 8 heteroatoms. The van der Waals surface area contributed by atoms with Gasteiger partial charge in [0.15, 0.2) is 17.3 Å². The van der Waals surface area contributed by atoms with Gasteiger partial charge in [0.25, 0.3) is 0 Å². The van der Waals surface area contributed by atoms with Crippen LogP contribution < -0.4 is 19.5 Å². The van der Waals surface area contributed by atoms with E-state index in [1.807, 2.05) is 12.1 Å². The van der Waals surface area contributed by atoms with Crippen molar-refractivity contribution in [2.24, 2.45) is 0 Å². The number of fused-ring (bicyclic) bond motifs is 3. The van der Waals surface area contributed by atoms with Crippen molar-refractivity contribution in [2.45, 2.75) is 25.9 Å². The van der Waals surface area contributed by atoms with E-state index in [1.54, 1.807) is 32.7 Å². The molecule has 0 fully saturated rings. The summed E-state index contributed by atoms with van der Waals surface area (Å²) in [5, 5.41) is 3.43. The van der Waals surface area contributed by atoms with Crippen molar-refractivity contribution < 1.29 is 28.5 Å². The van der Waals surface area contributed by atoms with Gasteiger partial charge in [-0.2, -0.15) is 0 Å². The second kappa shape index (κ2) is 10.5. The predicted molar refractivity (Wildman–Crippen MR) is 119 cm³/mol. The summed E-state index contributed by atoms with van der Waals surface area (Å²) < 4.78 is 28.4. The number of ketones is 1. The number of hydrogen-bond donors (Lipinski definition) is 1. The molecule has 0 spiro atoms. The number of hydrogen-bond acceptors (Lipinski definition) is 8. The van der Waals surface area contributed by atoms with Gasteiger partial charge in [-0.05, 0) is 25.0 Å². The number of pyridine rings is 1. The average Bonchev–Trinajstić information content (AvgIpc) is 2.96. The summed E-state index contributed by atoms with van der Waals surface area (Å²) in [7, 11) is 3.25. The molecular weight excluding hydrogens is 412 g/mol. The molecule has 0 saturated carbocycles. The maximum atomic E-state index is 12.6. The maximum Gasteiger partial charge on any atom is 0.204 e. The molecule has 1 N–H and O–H groups in total. The van der Waals surface area contributed by atoms with Crippen LogP contribution in [0.3, 0.4) is 0 Å². The molecule has 4 rings (SSSR count). The minimum absolute atomic E-state index is 0.00445. The monoisotopic (exact) mass is 440 g/mol. The minimum Gasteiger partial charge on any atom is -0.493 e. The highest BCUT2D eigenvalue weighted by Crippen LogP contribution is 2.45. The molecule has 3 heterocycles. The lowest BCUT2D eigenvalue weighted by atomic mass is 10.1. The van der Waals surface area contributed by atoms with Gasteiger partial charge in [0.2, 0.25) is 5.75 Å². The lowest BCUT2D eigenvalue weighted by molar-refractivity contribution is -0.113. The molecular formula is C24H28N2O6. The van der Waals surface area contributed by atoms with E-state index in [1.165, 1.54) is 0 Å². The molecule has 0 saturated heterocycles. The minimum atomic E-state index is 0.00445. The SMILES string of the molecule is COCCOCCCCOc1c(OC)ccc2c1OCc1cncc3c1NC2=CC(=O)C3. The number of unbranched alkanes of at least 4 members (excludes halogenated alkanes) is 1. The number of methoxy groups -OCH3 is 2. The molecule has 2 aliphatic heterocycles. The summed E-state index contributed by atoms with van der Waals surface area (Å²) in [5.74, 6) is 1.65. The third-order valence-electron chi connectivity index (χ3n) is 5.35.